The fraction of sp³-hybridized carbons (Fsp3) is 0.375. The minimum absolute atomic E-state index is 0.0244. The minimum atomic E-state index is -0.479. The Morgan fingerprint density at radius 1 is 0.970 bits per heavy atom. The zero-order valence-electron chi connectivity index (χ0n) is 18.5. The molecule has 0 aliphatic heterocycles. The second kappa shape index (κ2) is 11.4. The number of ether oxygens (including phenoxy) is 2. The molecule has 0 bridgehead atoms. The smallest absolute Gasteiger partial charge is 0.328 e. The van der Waals surface area contributed by atoms with Crippen molar-refractivity contribution in [2.75, 3.05) is 17.7 Å². The highest BCUT2D eigenvalue weighted by Gasteiger charge is 2.17. The Morgan fingerprint density at radius 3 is 2.45 bits per heavy atom. The number of rotatable bonds is 8. The van der Waals surface area contributed by atoms with Crippen LogP contribution in [0.1, 0.15) is 44.1 Å². The third-order valence-corrected chi connectivity index (χ3v) is 6.34. The van der Waals surface area contributed by atoms with E-state index in [4.69, 9.17) is 9.47 Å². The fourth-order valence-corrected chi connectivity index (χ4v) is 4.44. The van der Waals surface area contributed by atoms with Crippen LogP contribution in [0.2, 0.25) is 0 Å². The second-order valence-electron chi connectivity index (χ2n) is 7.92. The van der Waals surface area contributed by atoms with Gasteiger partial charge in [0.25, 0.3) is 0 Å². The summed E-state index contributed by atoms with van der Waals surface area (Å²) in [5, 5.41) is 6.66. The Balaban J connectivity index is 1.62. The SMILES string of the molecule is COc1ccc(Nc2nc(NC3CCCCCC3)nc(Oc3ccccc3F)n2)cc1CI. The minimum Gasteiger partial charge on any atom is -0.496 e. The van der Waals surface area contributed by atoms with Crippen molar-refractivity contribution in [3.05, 3.63) is 53.8 Å². The Kier molecular flexibility index (Phi) is 8.14. The molecule has 1 aliphatic rings. The van der Waals surface area contributed by atoms with E-state index in [1.54, 1.807) is 25.3 Å². The predicted octanol–water partition coefficient (Wildman–Crippen LogP) is 6.62. The summed E-state index contributed by atoms with van der Waals surface area (Å²) in [5.41, 5.74) is 1.86. The molecule has 0 saturated heterocycles. The van der Waals surface area contributed by atoms with Crippen LogP contribution in [-0.4, -0.2) is 28.1 Å². The van der Waals surface area contributed by atoms with Crippen LogP contribution >= 0.6 is 22.6 Å². The first kappa shape index (κ1) is 23.5. The van der Waals surface area contributed by atoms with Gasteiger partial charge in [0.1, 0.15) is 5.75 Å². The Morgan fingerprint density at radius 2 is 1.73 bits per heavy atom. The lowest BCUT2D eigenvalue weighted by molar-refractivity contribution is 0.410. The zero-order valence-corrected chi connectivity index (χ0v) is 20.6. The number of nitrogens with one attached hydrogen (secondary N) is 2. The maximum Gasteiger partial charge on any atom is 0.328 e. The first-order valence-corrected chi connectivity index (χ1v) is 12.6. The van der Waals surface area contributed by atoms with Crippen LogP contribution in [-0.2, 0) is 4.43 Å². The number of benzene rings is 2. The molecular weight excluding hydrogens is 536 g/mol. The lowest BCUT2D eigenvalue weighted by Gasteiger charge is -2.17. The summed E-state index contributed by atoms with van der Waals surface area (Å²) in [4.78, 5) is 13.4. The number of anilines is 3. The van der Waals surface area contributed by atoms with Crippen LogP contribution in [0.25, 0.3) is 0 Å². The van der Waals surface area contributed by atoms with Crippen LogP contribution < -0.4 is 20.1 Å². The fourth-order valence-electron chi connectivity index (χ4n) is 3.84. The largest absolute Gasteiger partial charge is 0.496 e. The maximum atomic E-state index is 14.2. The molecule has 0 atom stereocenters. The molecule has 2 N–H and O–H groups in total. The molecule has 1 aromatic heterocycles. The lowest BCUT2D eigenvalue weighted by atomic mass is 10.1. The molecule has 174 valence electrons. The van der Waals surface area contributed by atoms with Gasteiger partial charge in [0.15, 0.2) is 11.6 Å². The van der Waals surface area contributed by atoms with E-state index in [2.05, 4.69) is 48.2 Å². The highest BCUT2D eigenvalue weighted by atomic mass is 127. The normalized spacial score (nSPS) is 14.4. The number of methoxy groups -OCH3 is 1. The van der Waals surface area contributed by atoms with E-state index in [0.717, 1.165) is 34.3 Å². The van der Waals surface area contributed by atoms with Gasteiger partial charge in [-0.1, -0.05) is 60.4 Å². The average Bonchev–Trinajstić information content (AvgIpc) is 3.09. The summed E-state index contributed by atoms with van der Waals surface area (Å²) in [6.07, 6.45) is 6.99. The van der Waals surface area contributed by atoms with E-state index in [1.807, 2.05) is 18.2 Å². The zero-order chi connectivity index (χ0) is 23.0. The van der Waals surface area contributed by atoms with Gasteiger partial charge in [-0.3, -0.25) is 0 Å². The second-order valence-corrected chi connectivity index (χ2v) is 8.68. The van der Waals surface area contributed by atoms with E-state index >= 15 is 0 Å². The van der Waals surface area contributed by atoms with Gasteiger partial charge in [-0.15, -0.1) is 0 Å². The molecule has 4 rings (SSSR count). The quantitative estimate of drug-likeness (QED) is 0.181. The van der Waals surface area contributed by atoms with Crippen LogP contribution in [0.3, 0.4) is 0 Å². The predicted molar refractivity (Wildman–Crippen MR) is 135 cm³/mol. The molecule has 7 nitrogen and oxygen atoms in total. The maximum absolute atomic E-state index is 14.2. The Labute approximate surface area is 206 Å². The molecule has 0 spiro atoms. The van der Waals surface area contributed by atoms with Crippen molar-refractivity contribution < 1.29 is 13.9 Å². The Hall–Kier alpha value is -2.69. The highest BCUT2D eigenvalue weighted by Crippen LogP contribution is 2.28. The van der Waals surface area contributed by atoms with Crippen LogP contribution in [0.15, 0.2) is 42.5 Å². The molecule has 1 aliphatic carbocycles. The van der Waals surface area contributed by atoms with E-state index in [-0.39, 0.29) is 17.8 Å². The van der Waals surface area contributed by atoms with E-state index in [0.29, 0.717) is 11.9 Å². The average molecular weight is 563 g/mol. The molecule has 3 aromatic rings. The molecule has 0 amide bonds. The number of hydrogen-bond donors (Lipinski definition) is 2. The van der Waals surface area contributed by atoms with E-state index in [1.165, 1.54) is 31.7 Å². The number of para-hydroxylation sites is 1. The first-order valence-electron chi connectivity index (χ1n) is 11.1. The topological polar surface area (TPSA) is 81.2 Å². The van der Waals surface area contributed by atoms with Crippen LogP contribution in [0, 0.1) is 5.82 Å². The molecule has 2 aromatic carbocycles. The number of nitrogens with zero attached hydrogens (tertiary/aromatic N) is 3. The molecule has 1 fully saturated rings. The third kappa shape index (κ3) is 6.43. The molecule has 1 heterocycles. The lowest BCUT2D eigenvalue weighted by Crippen LogP contribution is -2.20. The van der Waals surface area contributed by atoms with Crippen LogP contribution in [0.5, 0.6) is 17.5 Å². The molecule has 1 saturated carbocycles. The van der Waals surface area contributed by atoms with Gasteiger partial charge in [-0.05, 0) is 43.2 Å². The summed E-state index contributed by atoms with van der Waals surface area (Å²) < 4.78 is 26.0. The van der Waals surface area contributed by atoms with Crippen LogP contribution in [0.4, 0.5) is 22.0 Å². The monoisotopic (exact) mass is 563 g/mol. The molecule has 0 radical (unpaired) electrons. The summed E-state index contributed by atoms with van der Waals surface area (Å²) in [6.45, 7) is 0. The van der Waals surface area contributed by atoms with Crippen molar-refractivity contribution in [1.82, 2.24) is 15.0 Å². The van der Waals surface area contributed by atoms with E-state index in [9.17, 15) is 4.39 Å². The number of hydrogen-bond acceptors (Lipinski definition) is 7. The third-order valence-electron chi connectivity index (χ3n) is 5.52. The van der Waals surface area contributed by atoms with Crippen molar-refractivity contribution in [2.24, 2.45) is 0 Å². The molecular formula is C24H27FIN5O2. The number of halogens is 2. The van der Waals surface area contributed by atoms with Crippen molar-refractivity contribution in [3.8, 4) is 17.5 Å². The van der Waals surface area contributed by atoms with Crippen molar-refractivity contribution >= 4 is 40.2 Å². The van der Waals surface area contributed by atoms with E-state index < -0.39 is 5.82 Å². The molecule has 0 unspecified atom stereocenters. The summed E-state index contributed by atoms with van der Waals surface area (Å²) in [7, 11) is 1.65. The molecule has 9 heteroatoms. The van der Waals surface area contributed by atoms with Gasteiger partial charge in [0.05, 0.1) is 7.11 Å². The highest BCUT2D eigenvalue weighted by molar-refractivity contribution is 14.1. The van der Waals surface area contributed by atoms with Gasteiger partial charge >= 0.3 is 6.01 Å². The van der Waals surface area contributed by atoms with Gasteiger partial charge in [0.2, 0.25) is 11.9 Å². The van der Waals surface area contributed by atoms with Crippen molar-refractivity contribution in [1.29, 1.82) is 0 Å². The number of alkyl halides is 1. The summed E-state index contributed by atoms with van der Waals surface area (Å²) in [6, 6.07) is 12.3. The first-order chi connectivity index (χ1) is 16.1. The van der Waals surface area contributed by atoms with Crippen molar-refractivity contribution in [3.63, 3.8) is 0 Å². The van der Waals surface area contributed by atoms with Gasteiger partial charge in [0, 0.05) is 21.7 Å². The standard InChI is InChI=1S/C24H27FIN5O2/c1-32-20-13-12-18(14-16(20)15-26)28-23-29-22(27-17-8-4-2-3-5-9-17)30-24(31-23)33-21-11-7-6-10-19(21)25/h6-7,10-14,17H,2-5,8-9,15H2,1H3,(H2,27,28,29,30,31). The Bertz CT molecular complexity index is 1080. The number of aromatic nitrogens is 3. The van der Waals surface area contributed by atoms with Crippen molar-refractivity contribution in [2.45, 2.75) is 49.0 Å². The van der Waals surface area contributed by atoms with Gasteiger partial charge < -0.3 is 20.1 Å². The van der Waals surface area contributed by atoms with Gasteiger partial charge in [-0.25, -0.2) is 4.39 Å². The summed E-state index contributed by atoms with van der Waals surface area (Å²) >= 11 is 2.30. The molecule has 33 heavy (non-hydrogen) atoms. The van der Waals surface area contributed by atoms with Gasteiger partial charge in [-0.2, -0.15) is 15.0 Å². The summed E-state index contributed by atoms with van der Waals surface area (Å²) in [5.74, 6) is 1.13.